The molecule has 5 fully saturated rings. The van der Waals surface area contributed by atoms with E-state index in [-0.39, 0.29) is 46.5 Å². The zero-order valence-electron chi connectivity index (χ0n) is 33.6. The first-order chi connectivity index (χ1) is 23.0. The van der Waals surface area contributed by atoms with Gasteiger partial charge in [-0.1, -0.05) is 126 Å². The maximum atomic E-state index is 2.62. The smallest absolute Gasteiger partial charge is 0.0407 e. The summed E-state index contributed by atoms with van der Waals surface area (Å²) in [6, 6.07) is 16.3. The van der Waals surface area contributed by atoms with Crippen LogP contribution in [0.15, 0.2) is 71.3 Å². The molecule has 0 saturated heterocycles. The largest absolute Gasteiger partial charge is 1.00 e. The fraction of sp³-hybridized carbons (Fsp3) is 0.604. The van der Waals surface area contributed by atoms with Gasteiger partial charge in [0.1, 0.15) is 0 Å². The Morgan fingerprint density at radius 1 is 0.863 bits per heavy atom. The van der Waals surface area contributed by atoms with Gasteiger partial charge in [-0.2, -0.15) is 34.4 Å². The molecule has 0 nitrogen and oxygen atoms in total. The van der Waals surface area contributed by atoms with Crippen molar-refractivity contribution >= 4 is 8.78 Å². The first-order valence-electron chi connectivity index (χ1n) is 19.8. The molecule has 0 heterocycles. The predicted octanol–water partition coefficient (Wildman–Crippen LogP) is 6.97. The maximum absolute atomic E-state index is 2.62. The van der Waals surface area contributed by atoms with E-state index in [0.717, 1.165) is 36.0 Å². The Morgan fingerprint density at radius 2 is 1.45 bits per heavy atom. The van der Waals surface area contributed by atoms with E-state index in [1.165, 1.54) is 32.7 Å². The second kappa shape index (κ2) is 14.6. The number of hydrogen-bond donors (Lipinski definition) is 0. The second-order valence-corrected chi connectivity index (χ2v) is 21.9. The summed E-state index contributed by atoms with van der Waals surface area (Å²) in [5, 5.41) is 0. The van der Waals surface area contributed by atoms with Gasteiger partial charge in [-0.15, -0.1) is 6.92 Å². The van der Waals surface area contributed by atoms with Crippen LogP contribution in [0.3, 0.4) is 0 Å². The van der Waals surface area contributed by atoms with E-state index in [0.29, 0.717) is 5.92 Å². The third kappa shape index (κ3) is 6.31. The van der Waals surface area contributed by atoms with Crippen molar-refractivity contribution in [3.05, 3.63) is 99.5 Å². The van der Waals surface area contributed by atoms with Crippen LogP contribution in [0.25, 0.3) is 5.57 Å². The van der Waals surface area contributed by atoms with Crippen molar-refractivity contribution in [1.29, 1.82) is 0 Å². The molecule has 2 aromatic carbocycles. The van der Waals surface area contributed by atoms with Gasteiger partial charge in [0.25, 0.3) is 0 Å². The molecule has 51 heavy (non-hydrogen) atoms. The van der Waals surface area contributed by atoms with Crippen LogP contribution < -0.4 is 24.8 Å². The number of allylic oxidation sites excluding steroid dienone is 6. The van der Waals surface area contributed by atoms with Crippen LogP contribution in [-0.2, 0) is 30.7 Å². The van der Waals surface area contributed by atoms with Crippen LogP contribution in [0.5, 0.6) is 0 Å². The third-order valence-electron chi connectivity index (χ3n) is 16.3. The SMILES string of the molecule is C[C-]1C2=C3Cc4ccccc4C3=C3C=CCCC3C2(C)C(C)(C)C(C)(C)C1(C)C.C[C](C)=[Zr+2].Cc1cc(C2C3CC4CC(C3)CC2C4)c[cH-]1.[Cl-].[Cl-]. The zero-order valence-corrected chi connectivity index (χ0v) is 37.5. The molecule has 4 bridgehead atoms. The average Bonchev–Trinajstić information content (AvgIpc) is 3.63. The van der Waals surface area contributed by atoms with Crippen molar-refractivity contribution in [2.24, 2.45) is 51.2 Å². The summed E-state index contributed by atoms with van der Waals surface area (Å²) in [6.45, 7) is 26.8. The topological polar surface area (TPSA) is 0 Å². The Bertz CT molecular complexity index is 1690. The zero-order chi connectivity index (χ0) is 35.3. The molecule has 2 aromatic rings. The molecule has 276 valence electrons. The normalized spacial score (nSPS) is 33.6. The fourth-order valence-corrected chi connectivity index (χ4v) is 12.8. The first kappa shape index (κ1) is 41.2. The van der Waals surface area contributed by atoms with E-state index < -0.39 is 0 Å². The quantitative estimate of drug-likeness (QED) is 0.274. The van der Waals surface area contributed by atoms with Crippen molar-refractivity contribution in [2.45, 2.75) is 133 Å². The van der Waals surface area contributed by atoms with Gasteiger partial charge in [0.15, 0.2) is 0 Å². The molecule has 0 aromatic heterocycles. The molecule has 0 amide bonds. The van der Waals surface area contributed by atoms with E-state index >= 15 is 0 Å². The van der Waals surface area contributed by atoms with Crippen LogP contribution in [0, 0.1) is 64.1 Å². The predicted molar refractivity (Wildman–Crippen MR) is 207 cm³/mol. The van der Waals surface area contributed by atoms with E-state index in [1.54, 1.807) is 90.1 Å². The molecule has 3 heteroatoms. The molecule has 0 N–H and O–H groups in total. The van der Waals surface area contributed by atoms with E-state index in [1.807, 2.05) is 0 Å². The minimum Gasteiger partial charge on any atom is -1.00 e. The van der Waals surface area contributed by atoms with Gasteiger partial charge >= 0.3 is 41.3 Å². The van der Waals surface area contributed by atoms with Crippen molar-refractivity contribution in [3.8, 4) is 0 Å². The molecule has 5 saturated carbocycles. The summed E-state index contributed by atoms with van der Waals surface area (Å²) in [5.74, 6) is 7.47. The molecule has 2 unspecified atom stereocenters. The van der Waals surface area contributed by atoms with E-state index in [9.17, 15) is 0 Å². The Morgan fingerprint density at radius 3 is 2.02 bits per heavy atom. The van der Waals surface area contributed by atoms with Crippen LogP contribution in [-0.4, -0.2) is 3.21 Å². The van der Waals surface area contributed by atoms with Crippen LogP contribution >= 0.6 is 0 Å². The Labute approximate surface area is 339 Å². The first-order valence-corrected chi connectivity index (χ1v) is 21.1. The average molecular weight is 803 g/mol. The summed E-state index contributed by atoms with van der Waals surface area (Å²) in [7, 11) is 0. The number of fused-ring (bicyclic) bond motifs is 6. The Kier molecular flexibility index (Phi) is 11.8. The molecule has 0 spiro atoms. The summed E-state index contributed by atoms with van der Waals surface area (Å²) >= 11 is 1.55. The van der Waals surface area contributed by atoms with Crippen molar-refractivity contribution in [1.82, 2.24) is 0 Å². The number of aryl methyl sites for hydroxylation is 1. The van der Waals surface area contributed by atoms with Gasteiger partial charge in [0, 0.05) is 0 Å². The molecule has 0 aliphatic heterocycles. The van der Waals surface area contributed by atoms with Crippen molar-refractivity contribution in [2.75, 3.05) is 0 Å². The van der Waals surface area contributed by atoms with E-state index in [2.05, 4.69) is 131 Å². The van der Waals surface area contributed by atoms with Gasteiger partial charge in [-0.3, -0.25) is 0 Å². The second-order valence-electron chi connectivity index (χ2n) is 19.4. The van der Waals surface area contributed by atoms with Gasteiger partial charge in [-0.25, -0.2) is 12.0 Å². The number of benzene rings is 1. The van der Waals surface area contributed by atoms with Crippen molar-refractivity contribution in [3.63, 3.8) is 0 Å². The number of halogens is 2. The molecule has 0 radical (unpaired) electrons. The molecule has 2 atom stereocenters. The summed E-state index contributed by atoms with van der Waals surface area (Å²) in [6.07, 6.45) is 16.2. The minimum absolute atomic E-state index is 0. The van der Waals surface area contributed by atoms with Gasteiger partial charge in [0.05, 0.1) is 0 Å². The Hall–Kier alpha value is -1.01. The maximum Gasteiger partial charge on any atom is -0.0407 e. The fourth-order valence-electron chi connectivity index (χ4n) is 12.8. The summed E-state index contributed by atoms with van der Waals surface area (Å²) in [4.78, 5) is 0. The number of rotatable bonds is 1. The van der Waals surface area contributed by atoms with E-state index in [4.69, 9.17) is 0 Å². The van der Waals surface area contributed by atoms with Crippen LogP contribution in [0.4, 0.5) is 0 Å². The standard InChI is InChI=1S/C29H37.C16H21.C3H6.2ClH.Zr/c1-18-25-22-17-19-13-9-10-14-20(19)24(22)21-15-11-12-16-23(21)29(25,8)28(6,7)27(4,5)26(18,2)3;1-10-2-3-13(4-10)16-14-6-11-5-12(8-14)9-15(16)7-11;1-3-2;;;/h9-11,13-15,23H,12,16-17H2,1-8H3;2-4,11-12,14-16H,5-9H2,1H3;1-2H3;2*1H;/q2*-1;;;;+2/p-2. The van der Waals surface area contributed by atoms with Gasteiger partial charge in [0.2, 0.25) is 0 Å². The molecular weight excluding hydrogens is 739 g/mol. The van der Waals surface area contributed by atoms with Crippen LogP contribution in [0.1, 0.15) is 142 Å². The summed E-state index contributed by atoms with van der Waals surface area (Å²) < 4.78 is 1.51. The molecule has 8 aliphatic rings. The molecule has 8 aliphatic carbocycles. The van der Waals surface area contributed by atoms with Crippen LogP contribution in [0.2, 0.25) is 0 Å². The summed E-state index contributed by atoms with van der Waals surface area (Å²) in [5.41, 5.74) is 13.4. The third-order valence-corrected chi connectivity index (χ3v) is 16.3. The monoisotopic (exact) mass is 800 g/mol. The van der Waals surface area contributed by atoms with Gasteiger partial charge in [-0.05, 0) is 96.3 Å². The minimum atomic E-state index is 0. The molecular formula is C48H64Cl2Zr-2. The van der Waals surface area contributed by atoms with Crippen molar-refractivity contribution < 1.29 is 49.0 Å². The van der Waals surface area contributed by atoms with Gasteiger partial charge < -0.3 is 24.8 Å². The number of hydrogen-bond acceptors (Lipinski definition) is 0. The Balaban J connectivity index is 0.000000193. The molecule has 10 rings (SSSR count).